The van der Waals surface area contributed by atoms with Crippen molar-refractivity contribution in [3.05, 3.63) is 60.4 Å². The van der Waals surface area contributed by atoms with Crippen molar-refractivity contribution in [2.75, 3.05) is 11.5 Å². The van der Waals surface area contributed by atoms with E-state index >= 15 is 0 Å². The van der Waals surface area contributed by atoms with E-state index in [1.165, 1.54) is 12.1 Å². The van der Waals surface area contributed by atoms with Gasteiger partial charge in [-0.15, -0.1) is 0 Å². The zero-order valence-electron chi connectivity index (χ0n) is 13.3. The Hall–Kier alpha value is -3.00. The smallest absolute Gasteiger partial charge is 0.262 e. The van der Waals surface area contributed by atoms with Crippen LogP contribution in [-0.2, 0) is 10.0 Å². The highest BCUT2D eigenvalue weighted by molar-refractivity contribution is 7.92. The maximum atomic E-state index is 12.7. The van der Waals surface area contributed by atoms with Gasteiger partial charge in [-0.2, -0.15) is 5.10 Å². The number of hydrogen-bond donors (Lipinski definition) is 1. The first-order valence-corrected chi connectivity index (χ1v) is 9.04. The molecular weight excluding hydrogens is 342 g/mol. The molecule has 1 aliphatic rings. The highest BCUT2D eigenvalue weighted by Gasteiger charge is 2.21. The first-order valence-electron chi connectivity index (χ1n) is 7.56. The highest BCUT2D eigenvalue weighted by Crippen LogP contribution is 2.34. The monoisotopic (exact) mass is 357 g/mol. The number of aryl methyl sites for hydroxylation is 1. The quantitative estimate of drug-likeness (QED) is 0.776. The van der Waals surface area contributed by atoms with Crippen molar-refractivity contribution in [1.82, 2.24) is 9.78 Å². The first-order chi connectivity index (χ1) is 12.0. The van der Waals surface area contributed by atoms with Crippen LogP contribution in [-0.4, -0.2) is 25.0 Å². The lowest BCUT2D eigenvalue weighted by atomic mass is 10.2. The van der Waals surface area contributed by atoms with Crippen LogP contribution in [0.5, 0.6) is 11.5 Å². The molecule has 0 fully saturated rings. The van der Waals surface area contributed by atoms with Gasteiger partial charge in [0.2, 0.25) is 6.79 Å². The molecule has 0 atom stereocenters. The second kappa shape index (κ2) is 5.82. The van der Waals surface area contributed by atoms with Crippen molar-refractivity contribution in [2.24, 2.45) is 0 Å². The van der Waals surface area contributed by atoms with Crippen LogP contribution < -0.4 is 14.2 Å². The van der Waals surface area contributed by atoms with Gasteiger partial charge < -0.3 is 9.47 Å². The fourth-order valence-electron chi connectivity index (χ4n) is 2.53. The molecule has 7 nitrogen and oxygen atoms in total. The summed E-state index contributed by atoms with van der Waals surface area (Å²) in [5, 5.41) is 4.16. The Bertz CT molecular complexity index is 1030. The van der Waals surface area contributed by atoms with Crippen LogP contribution in [0.15, 0.2) is 59.8 Å². The van der Waals surface area contributed by atoms with Crippen molar-refractivity contribution in [2.45, 2.75) is 11.8 Å². The van der Waals surface area contributed by atoms with E-state index in [1.807, 2.05) is 19.1 Å². The Morgan fingerprint density at radius 3 is 2.76 bits per heavy atom. The molecule has 3 aromatic rings. The summed E-state index contributed by atoms with van der Waals surface area (Å²) in [4.78, 5) is 0.112. The average molecular weight is 357 g/mol. The van der Waals surface area contributed by atoms with Gasteiger partial charge in [-0.05, 0) is 42.8 Å². The number of ether oxygens (including phenoxy) is 2. The van der Waals surface area contributed by atoms with E-state index in [0.29, 0.717) is 17.2 Å². The molecule has 0 amide bonds. The van der Waals surface area contributed by atoms with Crippen molar-refractivity contribution in [3.63, 3.8) is 0 Å². The van der Waals surface area contributed by atoms with Gasteiger partial charge in [0.1, 0.15) is 0 Å². The standard InChI is InChI=1S/C17H15N3O4S/c1-12-3-4-13(20-8-2-7-18-20)9-15(12)19-25(21,22)14-5-6-16-17(10-14)24-11-23-16/h2-10,19H,11H2,1H3. The number of fused-ring (bicyclic) bond motifs is 1. The summed E-state index contributed by atoms with van der Waals surface area (Å²) in [6, 6.07) is 11.8. The van der Waals surface area contributed by atoms with Crippen LogP contribution in [0.2, 0.25) is 0 Å². The molecule has 2 aromatic carbocycles. The van der Waals surface area contributed by atoms with Gasteiger partial charge in [-0.1, -0.05) is 6.07 Å². The van der Waals surface area contributed by atoms with Crippen LogP contribution in [0.3, 0.4) is 0 Å². The molecule has 0 unspecified atom stereocenters. The van der Waals surface area contributed by atoms with Crippen molar-refractivity contribution >= 4 is 15.7 Å². The molecule has 4 rings (SSSR count). The Morgan fingerprint density at radius 1 is 1.12 bits per heavy atom. The van der Waals surface area contributed by atoms with E-state index in [9.17, 15) is 8.42 Å². The van der Waals surface area contributed by atoms with Crippen molar-refractivity contribution < 1.29 is 17.9 Å². The van der Waals surface area contributed by atoms with Gasteiger partial charge in [-0.25, -0.2) is 13.1 Å². The third-order valence-corrected chi connectivity index (χ3v) is 5.25. The SMILES string of the molecule is Cc1ccc(-n2cccn2)cc1NS(=O)(=O)c1ccc2c(c1)OCO2. The van der Waals surface area contributed by atoms with Gasteiger partial charge in [-0.3, -0.25) is 4.72 Å². The summed E-state index contributed by atoms with van der Waals surface area (Å²) < 4.78 is 40.2. The van der Waals surface area contributed by atoms with Crippen LogP contribution in [0.25, 0.3) is 5.69 Å². The number of anilines is 1. The van der Waals surface area contributed by atoms with Crippen molar-refractivity contribution in [3.8, 4) is 17.2 Å². The van der Waals surface area contributed by atoms with E-state index in [1.54, 1.807) is 35.3 Å². The Morgan fingerprint density at radius 2 is 1.96 bits per heavy atom. The van der Waals surface area contributed by atoms with Gasteiger partial charge in [0.15, 0.2) is 11.5 Å². The summed E-state index contributed by atoms with van der Waals surface area (Å²) in [5.74, 6) is 0.959. The minimum absolute atomic E-state index is 0.0945. The maximum Gasteiger partial charge on any atom is 0.262 e. The van der Waals surface area contributed by atoms with E-state index < -0.39 is 10.0 Å². The maximum absolute atomic E-state index is 12.7. The Labute approximate surface area is 144 Å². The molecule has 1 aromatic heterocycles. The van der Waals surface area contributed by atoms with Crippen LogP contribution in [0.1, 0.15) is 5.56 Å². The lowest BCUT2D eigenvalue weighted by molar-refractivity contribution is 0.174. The van der Waals surface area contributed by atoms with Crippen molar-refractivity contribution in [1.29, 1.82) is 0 Å². The normalized spacial score (nSPS) is 13.0. The minimum Gasteiger partial charge on any atom is -0.454 e. The fraction of sp³-hybridized carbons (Fsp3) is 0.118. The molecule has 0 saturated carbocycles. The fourth-order valence-corrected chi connectivity index (χ4v) is 3.67. The number of nitrogens with zero attached hydrogens (tertiary/aromatic N) is 2. The van der Waals surface area contributed by atoms with Crippen LogP contribution in [0.4, 0.5) is 5.69 Å². The topological polar surface area (TPSA) is 82.5 Å². The summed E-state index contributed by atoms with van der Waals surface area (Å²) >= 11 is 0. The molecule has 0 bridgehead atoms. The molecule has 25 heavy (non-hydrogen) atoms. The third-order valence-electron chi connectivity index (χ3n) is 3.89. The molecule has 128 valence electrons. The Kier molecular flexibility index (Phi) is 3.61. The summed E-state index contributed by atoms with van der Waals surface area (Å²) in [6.07, 6.45) is 3.46. The first kappa shape index (κ1) is 15.5. The highest BCUT2D eigenvalue weighted by atomic mass is 32.2. The third kappa shape index (κ3) is 2.91. The zero-order valence-corrected chi connectivity index (χ0v) is 14.2. The zero-order chi connectivity index (χ0) is 17.4. The average Bonchev–Trinajstić information content (AvgIpc) is 3.27. The molecule has 0 radical (unpaired) electrons. The van der Waals surface area contributed by atoms with Crippen LogP contribution >= 0.6 is 0 Å². The largest absolute Gasteiger partial charge is 0.454 e. The molecule has 1 N–H and O–H groups in total. The second-order valence-electron chi connectivity index (χ2n) is 5.57. The summed E-state index contributed by atoms with van der Waals surface area (Å²) in [5.41, 5.74) is 2.06. The van der Waals surface area contributed by atoms with Gasteiger partial charge >= 0.3 is 0 Å². The molecular formula is C17H15N3O4S. The second-order valence-corrected chi connectivity index (χ2v) is 7.25. The molecule has 0 saturated heterocycles. The lowest BCUT2D eigenvalue weighted by Crippen LogP contribution is -2.14. The molecule has 0 spiro atoms. The van der Waals surface area contributed by atoms with Gasteiger partial charge in [0.25, 0.3) is 10.0 Å². The van der Waals surface area contributed by atoms with Crippen LogP contribution in [0, 0.1) is 6.92 Å². The lowest BCUT2D eigenvalue weighted by Gasteiger charge is -2.13. The summed E-state index contributed by atoms with van der Waals surface area (Å²) in [7, 11) is -3.76. The van der Waals surface area contributed by atoms with E-state index in [-0.39, 0.29) is 11.7 Å². The van der Waals surface area contributed by atoms with E-state index in [4.69, 9.17) is 9.47 Å². The predicted octanol–water partition coefficient (Wildman–Crippen LogP) is 2.71. The number of benzene rings is 2. The summed E-state index contributed by atoms with van der Waals surface area (Å²) in [6.45, 7) is 1.93. The van der Waals surface area contributed by atoms with Gasteiger partial charge in [0, 0.05) is 18.5 Å². The molecule has 8 heteroatoms. The van der Waals surface area contributed by atoms with E-state index in [2.05, 4.69) is 9.82 Å². The molecule has 2 heterocycles. The molecule has 0 aliphatic carbocycles. The number of rotatable bonds is 4. The van der Waals surface area contributed by atoms with Gasteiger partial charge in [0.05, 0.1) is 16.3 Å². The minimum atomic E-state index is -3.76. The molecule has 1 aliphatic heterocycles. The number of nitrogens with one attached hydrogen (secondary N) is 1. The Balaban J connectivity index is 1.68. The number of sulfonamides is 1. The number of aromatic nitrogens is 2. The predicted molar refractivity (Wildman–Crippen MR) is 91.7 cm³/mol. The number of hydrogen-bond acceptors (Lipinski definition) is 5. The van der Waals surface area contributed by atoms with E-state index in [0.717, 1.165) is 11.3 Å².